The highest BCUT2D eigenvalue weighted by Gasteiger charge is 2.09. The maximum Gasteiger partial charge on any atom is 0.257 e. The lowest BCUT2D eigenvalue weighted by atomic mass is 10.1. The van der Waals surface area contributed by atoms with Crippen molar-refractivity contribution in [1.29, 1.82) is 0 Å². The molecule has 5 nitrogen and oxygen atoms in total. The Balaban J connectivity index is 2.21. The van der Waals surface area contributed by atoms with Crippen molar-refractivity contribution in [3.63, 3.8) is 0 Å². The molecule has 0 aliphatic rings. The van der Waals surface area contributed by atoms with Crippen LogP contribution in [0.15, 0.2) is 36.7 Å². The largest absolute Gasteiger partial charge is 0.506 e. The van der Waals surface area contributed by atoms with Gasteiger partial charge in [-0.3, -0.25) is 9.78 Å². The molecule has 1 heterocycles. The van der Waals surface area contributed by atoms with E-state index in [1.807, 2.05) is 0 Å². The van der Waals surface area contributed by atoms with E-state index in [-0.39, 0.29) is 23.5 Å². The molecule has 2 rings (SSSR count). The molecular weight excluding hydrogens is 275 g/mol. The van der Waals surface area contributed by atoms with Crippen LogP contribution < -0.4 is 5.32 Å². The highest BCUT2D eigenvalue weighted by atomic mass is 19.1. The third-order valence-electron chi connectivity index (χ3n) is 2.51. The Labute approximate surface area is 120 Å². The number of aliphatic hydroxyl groups is 1. The third kappa shape index (κ3) is 3.78. The zero-order chi connectivity index (χ0) is 15.2. The fourth-order valence-electron chi connectivity index (χ4n) is 1.59. The molecule has 1 aromatic heterocycles. The fraction of sp³-hybridized carbons (Fsp3) is 0.0667. The summed E-state index contributed by atoms with van der Waals surface area (Å²) in [5.41, 5.74) is 0.574. The van der Waals surface area contributed by atoms with Crippen LogP contribution in [0.3, 0.4) is 0 Å². The van der Waals surface area contributed by atoms with E-state index in [1.165, 1.54) is 30.6 Å². The number of aliphatic hydroxyl groups excluding tert-OH is 1. The molecule has 0 fully saturated rings. The maximum atomic E-state index is 13.5. The van der Waals surface area contributed by atoms with Gasteiger partial charge in [0.05, 0.1) is 17.3 Å². The fourth-order valence-corrected chi connectivity index (χ4v) is 1.59. The first kappa shape index (κ1) is 14.5. The minimum atomic E-state index is -0.548. The molecule has 21 heavy (non-hydrogen) atoms. The van der Waals surface area contributed by atoms with Gasteiger partial charge in [0.25, 0.3) is 5.91 Å². The molecule has 0 atom stereocenters. The van der Waals surface area contributed by atoms with Gasteiger partial charge in [0.15, 0.2) is 0 Å². The van der Waals surface area contributed by atoms with Crippen LogP contribution in [0.5, 0.6) is 5.75 Å². The van der Waals surface area contributed by atoms with Gasteiger partial charge in [0.2, 0.25) is 0 Å². The molecular formula is C15H11FN2O3. The number of halogens is 1. The van der Waals surface area contributed by atoms with Gasteiger partial charge in [-0.2, -0.15) is 0 Å². The van der Waals surface area contributed by atoms with Gasteiger partial charge < -0.3 is 15.5 Å². The van der Waals surface area contributed by atoms with Gasteiger partial charge in [-0.1, -0.05) is 11.8 Å². The number of pyridine rings is 1. The summed E-state index contributed by atoms with van der Waals surface area (Å²) in [4.78, 5) is 15.6. The van der Waals surface area contributed by atoms with E-state index >= 15 is 0 Å². The van der Waals surface area contributed by atoms with Crippen molar-refractivity contribution in [2.45, 2.75) is 0 Å². The maximum absolute atomic E-state index is 13.5. The molecule has 1 aromatic carbocycles. The van der Waals surface area contributed by atoms with Crippen molar-refractivity contribution < 1.29 is 19.4 Å². The summed E-state index contributed by atoms with van der Waals surface area (Å²) in [6, 6.07) is 5.16. The normalized spacial score (nSPS) is 9.62. The molecule has 0 spiro atoms. The van der Waals surface area contributed by atoms with Crippen LogP contribution in [0.1, 0.15) is 15.9 Å². The SMILES string of the molecule is O=C(Nc1ccc(F)c(C#CCO)c1)c1cncc(O)c1. The van der Waals surface area contributed by atoms with Crippen molar-refractivity contribution in [2.75, 3.05) is 11.9 Å². The summed E-state index contributed by atoms with van der Waals surface area (Å²) in [5.74, 6) is 3.61. The molecule has 6 heteroatoms. The van der Waals surface area contributed by atoms with E-state index in [0.717, 1.165) is 6.07 Å². The van der Waals surface area contributed by atoms with Crippen molar-refractivity contribution in [3.05, 3.63) is 53.6 Å². The molecule has 0 bridgehead atoms. The monoisotopic (exact) mass is 286 g/mol. The number of carbonyl (C=O) groups is 1. The summed E-state index contributed by atoms with van der Waals surface area (Å²) < 4.78 is 13.5. The lowest BCUT2D eigenvalue weighted by molar-refractivity contribution is 0.102. The van der Waals surface area contributed by atoms with E-state index in [2.05, 4.69) is 22.1 Å². The van der Waals surface area contributed by atoms with Gasteiger partial charge in [-0.15, -0.1) is 0 Å². The van der Waals surface area contributed by atoms with Crippen LogP contribution in [-0.4, -0.2) is 27.7 Å². The van der Waals surface area contributed by atoms with Crippen molar-refractivity contribution >= 4 is 11.6 Å². The van der Waals surface area contributed by atoms with Crippen LogP contribution >= 0.6 is 0 Å². The predicted octanol–water partition coefficient (Wildman–Crippen LogP) is 1.52. The summed E-state index contributed by atoms with van der Waals surface area (Å²) in [6.07, 6.45) is 2.50. The second-order valence-corrected chi connectivity index (χ2v) is 4.04. The van der Waals surface area contributed by atoms with Crippen LogP contribution in [-0.2, 0) is 0 Å². The molecule has 0 radical (unpaired) electrons. The van der Waals surface area contributed by atoms with Gasteiger partial charge in [0.1, 0.15) is 18.2 Å². The van der Waals surface area contributed by atoms with Gasteiger partial charge >= 0.3 is 0 Å². The van der Waals surface area contributed by atoms with E-state index in [1.54, 1.807) is 0 Å². The molecule has 1 amide bonds. The Morgan fingerprint density at radius 1 is 1.33 bits per heavy atom. The molecule has 3 N–H and O–H groups in total. The van der Waals surface area contributed by atoms with E-state index in [0.29, 0.717) is 5.69 Å². The highest BCUT2D eigenvalue weighted by Crippen LogP contribution is 2.16. The molecule has 0 saturated heterocycles. The van der Waals surface area contributed by atoms with Crippen LogP contribution in [0.2, 0.25) is 0 Å². The van der Waals surface area contributed by atoms with Gasteiger partial charge in [0, 0.05) is 11.9 Å². The topological polar surface area (TPSA) is 82.5 Å². The van der Waals surface area contributed by atoms with E-state index in [9.17, 15) is 14.3 Å². The quantitative estimate of drug-likeness (QED) is 0.731. The van der Waals surface area contributed by atoms with Crippen molar-refractivity contribution in [2.24, 2.45) is 0 Å². The Morgan fingerprint density at radius 3 is 2.86 bits per heavy atom. The lowest BCUT2D eigenvalue weighted by Crippen LogP contribution is -2.12. The first-order chi connectivity index (χ1) is 10.1. The van der Waals surface area contributed by atoms with Crippen LogP contribution in [0.4, 0.5) is 10.1 Å². The Morgan fingerprint density at radius 2 is 2.14 bits per heavy atom. The standard InChI is InChI=1S/C15H11FN2O3/c16-14-4-3-12(6-10(14)2-1-5-19)18-15(21)11-7-13(20)9-17-8-11/h3-4,6-9,19-20H,5H2,(H,18,21). The molecule has 0 unspecified atom stereocenters. The van der Waals surface area contributed by atoms with Crippen LogP contribution in [0, 0.1) is 17.7 Å². The number of benzene rings is 1. The van der Waals surface area contributed by atoms with Crippen molar-refractivity contribution in [3.8, 4) is 17.6 Å². The number of carbonyl (C=O) groups excluding carboxylic acids is 1. The minimum absolute atomic E-state index is 0.0656. The number of aromatic hydroxyl groups is 1. The van der Waals surface area contributed by atoms with E-state index in [4.69, 9.17) is 5.11 Å². The summed E-state index contributed by atoms with van der Waals surface area (Å²) >= 11 is 0. The van der Waals surface area contributed by atoms with E-state index < -0.39 is 11.7 Å². The summed E-state index contributed by atoms with van der Waals surface area (Å²) in [7, 11) is 0. The average Bonchev–Trinajstić information content (AvgIpc) is 2.47. The second-order valence-electron chi connectivity index (χ2n) is 4.04. The minimum Gasteiger partial charge on any atom is -0.506 e. The van der Waals surface area contributed by atoms with Crippen LogP contribution in [0.25, 0.3) is 0 Å². The second kappa shape index (κ2) is 6.50. The first-order valence-corrected chi connectivity index (χ1v) is 5.95. The zero-order valence-corrected chi connectivity index (χ0v) is 10.8. The molecule has 0 aliphatic heterocycles. The number of rotatable bonds is 2. The summed E-state index contributed by atoms with van der Waals surface area (Å²) in [5, 5.41) is 20.4. The highest BCUT2D eigenvalue weighted by molar-refractivity contribution is 6.04. The molecule has 0 aliphatic carbocycles. The van der Waals surface area contributed by atoms with Crippen molar-refractivity contribution in [1.82, 2.24) is 4.98 Å². The first-order valence-electron chi connectivity index (χ1n) is 5.95. The summed E-state index contributed by atoms with van der Waals surface area (Å²) in [6.45, 7) is -0.384. The predicted molar refractivity (Wildman–Crippen MR) is 74.2 cm³/mol. The molecule has 0 saturated carbocycles. The number of aromatic nitrogens is 1. The number of nitrogens with one attached hydrogen (secondary N) is 1. The number of hydrogen-bond acceptors (Lipinski definition) is 4. The number of anilines is 1. The average molecular weight is 286 g/mol. The van der Waals surface area contributed by atoms with Gasteiger partial charge in [-0.25, -0.2) is 4.39 Å². The smallest absolute Gasteiger partial charge is 0.257 e. The van der Waals surface area contributed by atoms with Gasteiger partial charge in [-0.05, 0) is 24.3 Å². The Bertz CT molecular complexity index is 735. The lowest BCUT2D eigenvalue weighted by Gasteiger charge is -2.06. The molecule has 2 aromatic rings. The number of nitrogens with zero attached hydrogens (tertiary/aromatic N) is 1. The Hall–Kier alpha value is -2.91. The zero-order valence-electron chi connectivity index (χ0n) is 10.8. The third-order valence-corrected chi connectivity index (χ3v) is 2.51. The Kier molecular flexibility index (Phi) is 4.49. The number of amides is 1. The molecule has 106 valence electrons. The number of hydrogen-bond donors (Lipinski definition) is 3.